The van der Waals surface area contributed by atoms with Gasteiger partial charge < -0.3 is 10.6 Å². The Morgan fingerprint density at radius 1 is 1.45 bits per heavy atom. The highest BCUT2D eigenvalue weighted by atomic mass is 16.2. The average molecular weight is 279 g/mol. The lowest BCUT2D eigenvalue weighted by Crippen LogP contribution is -2.47. The van der Waals surface area contributed by atoms with Gasteiger partial charge in [0, 0.05) is 12.1 Å². The van der Waals surface area contributed by atoms with Crippen LogP contribution in [0.2, 0.25) is 0 Å². The Hall–Kier alpha value is -0.870. The third-order valence-corrected chi connectivity index (χ3v) is 4.58. The second kappa shape index (κ2) is 7.79. The van der Waals surface area contributed by atoms with Gasteiger partial charge in [-0.1, -0.05) is 11.6 Å². The first-order valence-corrected chi connectivity index (χ1v) is 8.06. The van der Waals surface area contributed by atoms with E-state index in [4.69, 9.17) is 0 Å². The van der Waals surface area contributed by atoms with Crippen molar-refractivity contribution in [3.63, 3.8) is 0 Å². The second-order valence-corrected chi connectivity index (χ2v) is 6.21. The van der Waals surface area contributed by atoms with E-state index in [1.54, 1.807) is 0 Å². The molecule has 4 heteroatoms. The molecule has 1 fully saturated rings. The lowest BCUT2D eigenvalue weighted by atomic mass is 9.95. The summed E-state index contributed by atoms with van der Waals surface area (Å²) in [6.07, 6.45) is 9.47. The van der Waals surface area contributed by atoms with Crippen LogP contribution in [0.3, 0.4) is 0 Å². The zero-order valence-corrected chi connectivity index (χ0v) is 13.0. The Kier molecular flexibility index (Phi) is 6.05. The number of amides is 1. The van der Waals surface area contributed by atoms with Crippen molar-refractivity contribution in [3.05, 3.63) is 11.6 Å². The number of hydrogen-bond donors (Lipinski definition) is 2. The summed E-state index contributed by atoms with van der Waals surface area (Å²) >= 11 is 0. The molecule has 2 rings (SSSR count). The lowest BCUT2D eigenvalue weighted by Gasteiger charge is -2.31. The van der Waals surface area contributed by atoms with E-state index in [1.807, 2.05) is 0 Å². The number of rotatable bonds is 5. The monoisotopic (exact) mass is 279 g/mol. The molecule has 0 aromatic rings. The van der Waals surface area contributed by atoms with Crippen molar-refractivity contribution in [1.29, 1.82) is 0 Å². The molecule has 1 atom stereocenters. The van der Waals surface area contributed by atoms with Gasteiger partial charge in [0.1, 0.15) is 0 Å². The van der Waals surface area contributed by atoms with Crippen LogP contribution in [0.25, 0.3) is 0 Å². The summed E-state index contributed by atoms with van der Waals surface area (Å²) in [7, 11) is 2.07. The summed E-state index contributed by atoms with van der Waals surface area (Å²) in [5, 5.41) is 6.52. The van der Waals surface area contributed by atoms with Gasteiger partial charge in [-0.25, -0.2) is 0 Å². The number of piperidine rings is 1. The molecular weight excluding hydrogens is 250 g/mol. The largest absolute Gasteiger partial charge is 0.349 e. The van der Waals surface area contributed by atoms with Crippen molar-refractivity contribution in [2.45, 2.75) is 57.5 Å². The van der Waals surface area contributed by atoms with Gasteiger partial charge in [0.15, 0.2) is 0 Å². The molecule has 0 spiro atoms. The van der Waals surface area contributed by atoms with E-state index in [2.05, 4.69) is 35.6 Å². The van der Waals surface area contributed by atoms with Crippen LogP contribution in [0.1, 0.15) is 45.4 Å². The third kappa shape index (κ3) is 4.60. The Labute approximate surface area is 123 Å². The van der Waals surface area contributed by atoms with E-state index in [0.29, 0.717) is 12.6 Å². The van der Waals surface area contributed by atoms with Crippen molar-refractivity contribution >= 4 is 5.91 Å². The SMILES string of the molecule is CC(NC(=O)CN(C)C1CCNCC1)C1=CCCCC1. The first-order chi connectivity index (χ1) is 9.66. The Morgan fingerprint density at radius 2 is 2.20 bits per heavy atom. The zero-order chi connectivity index (χ0) is 14.4. The molecule has 114 valence electrons. The Morgan fingerprint density at radius 3 is 2.85 bits per heavy atom. The van der Waals surface area contributed by atoms with E-state index < -0.39 is 0 Å². The first-order valence-electron chi connectivity index (χ1n) is 8.06. The molecule has 0 aromatic heterocycles. The number of carbonyl (C=O) groups excluding carboxylic acids is 1. The molecule has 0 saturated carbocycles. The van der Waals surface area contributed by atoms with Crippen LogP contribution >= 0.6 is 0 Å². The molecule has 4 nitrogen and oxygen atoms in total. The van der Waals surface area contributed by atoms with Crippen molar-refractivity contribution in [3.8, 4) is 0 Å². The highest BCUT2D eigenvalue weighted by Gasteiger charge is 2.21. The lowest BCUT2D eigenvalue weighted by molar-refractivity contribution is -0.122. The summed E-state index contributed by atoms with van der Waals surface area (Å²) in [5.41, 5.74) is 1.41. The number of nitrogens with one attached hydrogen (secondary N) is 2. The van der Waals surface area contributed by atoms with Gasteiger partial charge in [-0.15, -0.1) is 0 Å². The number of hydrogen-bond acceptors (Lipinski definition) is 3. The van der Waals surface area contributed by atoms with Gasteiger partial charge >= 0.3 is 0 Å². The molecule has 0 aromatic carbocycles. The van der Waals surface area contributed by atoms with Gasteiger partial charge in [-0.3, -0.25) is 9.69 Å². The number of carbonyl (C=O) groups is 1. The standard InChI is InChI=1S/C16H29N3O/c1-13(14-6-4-3-5-7-14)18-16(20)12-19(2)15-8-10-17-11-9-15/h6,13,15,17H,3-5,7-12H2,1-2H3,(H,18,20). The van der Waals surface area contributed by atoms with Crippen molar-refractivity contribution in [2.75, 3.05) is 26.7 Å². The maximum atomic E-state index is 12.2. The minimum absolute atomic E-state index is 0.157. The molecular formula is C16H29N3O. The van der Waals surface area contributed by atoms with Gasteiger partial charge in [-0.05, 0) is 65.6 Å². The van der Waals surface area contributed by atoms with Crippen molar-refractivity contribution in [2.24, 2.45) is 0 Å². The Bertz CT molecular complexity index is 348. The minimum atomic E-state index is 0.157. The summed E-state index contributed by atoms with van der Waals surface area (Å²) in [4.78, 5) is 14.4. The maximum Gasteiger partial charge on any atom is 0.234 e. The van der Waals surface area contributed by atoms with Crippen molar-refractivity contribution < 1.29 is 4.79 Å². The maximum absolute atomic E-state index is 12.2. The molecule has 1 heterocycles. The predicted molar refractivity (Wildman–Crippen MR) is 82.7 cm³/mol. The quantitative estimate of drug-likeness (QED) is 0.753. The highest BCUT2D eigenvalue weighted by molar-refractivity contribution is 5.78. The number of allylic oxidation sites excluding steroid dienone is 1. The number of likely N-dealkylation sites (N-methyl/N-ethyl adjacent to an activating group) is 1. The van der Waals surface area contributed by atoms with E-state index in [9.17, 15) is 4.79 Å². The molecule has 1 aliphatic heterocycles. The molecule has 0 bridgehead atoms. The Balaban J connectivity index is 1.75. The van der Waals surface area contributed by atoms with E-state index in [-0.39, 0.29) is 11.9 Å². The van der Waals surface area contributed by atoms with Crippen molar-refractivity contribution in [1.82, 2.24) is 15.5 Å². The molecule has 2 aliphatic rings. The number of nitrogens with zero attached hydrogens (tertiary/aromatic N) is 1. The molecule has 1 aliphatic carbocycles. The summed E-state index contributed by atoms with van der Waals surface area (Å²) in [6, 6.07) is 0.746. The van der Waals surface area contributed by atoms with Crippen LogP contribution < -0.4 is 10.6 Å². The van der Waals surface area contributed by atoms with Gasteiger partial charge in [0.2, 0.25) is 5.91 Å². The van der Waals surface area contributed by atoms with Gasteiger partial charge in [0.05, 0.1) is 6.54 Å². The summed E-state index contributed by atoms with van der Waals surface area (Å²) in [6.45, 7) is 4.77. The fourth-order valence-corrected chi connectivity index (χ4v) is 3.24. The third-order valence-electron chi connectivity index (χ3n) is 4.58. The molecule has 1 unspecified atom stereocenters. The predicted octanol–water partition coefficient (Wildman–Crippen LogP) is 1.68. The van der Waals surface area contributed by atoms with Crippen LogP contribution in [0.15, 0.2) is 11.6 Å². The molecule has 20 heavy (non-hydrogen) atoms. The van der Waals surface area contributed by atoms with Crippen LogP contribution in [-0.2, 0) is 4.79 Å². The van der Waals surface area contributed by atoms with Crippen LogP contribution in [0, 0.1) is 0 Å². The fourth-order valence-electron chi connectivity index (χ4n) is 3.24. The molecule has 1 amide bonds. The van der Waals surface area contributed by atoms with E-state index in [1.165, 1.54) is 24.8 Å². The smallest absolute Gasteiger partial charge is 0.234 e. The molecule has 2 N–H and O–H groups in total. The van der Waals surface area contributed by atoms with E-state index in [0.717, 1.165) is 32.4 Å². The summed E-state index contributed by atoms with van der Waals surface area (Å²) in [5.74, 6) is 0.157. The normalized spacial score (nSPS) is 22.4. The zero-order valence-electron chi connectivity index (χ0n) is 13.0. The topological polar surface area (TPSA) is 44.4 Å². The van der Waals surface area contributed by atoms with Gasteiger partial charge in [-0.2, -0.15) is 0 Å². The highest BCUT2D eigenvalue weighted by Crippen LogP contribution is 2.20. The second-order valence-electron chi connectivity index (χ2n) is 6.21. The average Bonchev–Trinajstić information content (AvgIpc) is 2.49. The van der Waals surface area contributed by atoms with Crippen LogP contribution in [0.4, 0.5) is 0 Å². The fraction of sp³-hybridized carbons (Fsp3) is 0.812. The van der Waals surface area contributed by atoms with E-state index >= 15 is 0 Å². The minimum Gasteiger partial charge on any atom is -0.349 e. The summed E-state index contributed by atoms with van der Waals surface area (Å²) < 4.78 is 0. The van der Waals surface area contributed by atoms with Crippen LogP contribution in [-0.4, -0.2) is 49.6 Å². The first kappa shape index (κ1) is 15.5. The van der Waals surface area contributed by atoms with Crippen LogP contribution in [0.5, 0.6) is 0 Å². The molecule has 1 saturated heterocycles. The van der Waals surface area contributed by atoms with Gasteiger partial charge in [0.25, 0.3) is 0 Å². The molecule has 0 radical (unpaired) electrons.